The maximum atomic E-state index is 13.1. The minimum atomic E-state index is -1.09. The summed E-state index contributed by atoms with van der Waals surface area (Å²) in [4.78, 5) is 28.2. The number of hydrogen-bond acceptors (Lipinski definition) is 4. The molecule has 1 aliphatic rings. The number of carboxylic acids is 1. The monoisotopic (exact) mass is 432 g/mol. The van der Waals surface area contributed by atoms with Crippen LogP contribution in [0.5, 0.6) is 11.5 Å². The first-order chi connectivity index (χ1) is 15.5. The molecule has 0 saturated carbocycles. The van der Waals surface area contributed by atoms with Gasteiger partial charge in [-0.15, -0.1) is 0 Å². The number of aliphatic carboxylic acids is 1. The smallest absolute Gasteiger partial charge is 0.329 e. The molecule has 2 atom stereocenters. The Morgan fingerprint density at radius 3 is 2.28 bits per heavy atom. The van der Waals surface area contributed by atoms with E-state index in [1.165, 1.54) is 16.8 Å². The molecule has 7 heteroatoms. The van der Waals surface area contributed by atoms with E-state index < -0.39 is 24.1 Å². The minimum absolute atomic E-state index is 0.292. The molecule has 0 radical (unpaired) electrons. The Balaban J connectivity index is 1.80. The number of anilines is 1. The van der Waals surface area contributed by atoms with Crippen LogP contribution in [-0.4, -0.2) is 42.2 Å². The third-order valence-electron chi connectivity index (χ3n) is 5.57. The highest BCUT2D eigenvalue weighted by molar-refractivity contribution is 6.00. The topological polar surface area (TPSA) is 79.3 Å². The van der Waals surface area contributed by atoms with Crippen molar-refractivity contribution < 1.29 is 24.2 Å². The largest absolute Gasteiger partial charge is 0.497 e. The summed E-state index contributed by atoms with van der Waals surface area (Å²) < 4.78 is 11.5. The Morgan fingerprint density at radius 2 is 1.66 bits per heavy atom. The van der Waals surface area contributed by atoms with Crippen LogP contribution < -0.4 is 14.4 Å². The first-order valence-corrected chi connectivity index (χ1v) is 10.2. The number of urea groups is 1. The predicted molar refractivity (Wildman–Crippen MR) is 120 cm³/mol. The summed E-state index contributed by atoms with van der Waals surface area (Å²) in [6.07, 6.45) is 0. The molecule has 0 aliphatic carbocycles. The van der Waals surface area contributed by atoms with E-state index in [9.17, 15) is 14.7 Å². The zero-order chi connectivity index (χ0) is 22.7. The highest BCUT2D eigenvalue weighted by atomic mass is 16.5. The number of likely N-dealkylation sites (N-methyl/N-ethyl adjacent to an activating group) is 1. The zero-order valence-corrected chi connectivity index (χ0v) is 17.8. The second kappa shape index (κ2) is 9.01. The van der Waals surface area contributed by atoms with Gasteiger partial charge in [-0.2, -0.15) is 0 Å². The van der Waals surface area contributed by atoms with E-state index >= 15 is 0 Å². The maximum absolute atomic E-state index is 13.1. The van der Waals surface area contributed by atoms with Crippen molar-refractivity contribution in [3.63, 3.8) is 0 Å². The molecule has 0 aromatic heterocycles. The lowest BCUT2D eigenvalue weighted by Crippen LogP contribution is -2.37. The lowest BCUT2D eigenvalue weighted by atomic mass is 9.97. The molecule has 0 spiro atoms. The zero-order valence-electron chi connectivity index (χ0n) is 17.8. The summed E-state index contributed by atoms with van der Waals surface area (Å²) in [6.45, 7) is 0.292. The number of carbonyl (C=O) groups is 2. The third-order valence-corrected chi connectivity index (χ3v) is 5.57. The molecule has 3 aromatic carbocycles. The van der Waals surface area contributed by atoms with E-state index in [1.54, 1.807) is 37.4 Å². The van der Waals surface area contributed by atoms with Crippen molar-refractivity contribution in [1.29, 1.82) is 0 Å². The molecule has 2 amide bonds. The summed E-state index contributed by atoms with van der Waals surface area (Å²) in [5.74, 6) is -0.0461. The Bertz CT molecular complexity index is 1100. The number of methoxy groups -OCH3 is 1. The van der Waals surface area contributed by atoms with E-state index in [4.69, 9.17) is 9.47 Å². The molecular formula is C25H24N2O5. The van der Waals surface area contributed by atoms with Crippen molar-refractivity contribution in [3.05, 3.63) is 90.0 Å². The minimum Gasteiger partial charge on any atom is -0.497 e. The number of para-hydroxylation sites is 1. The van der Waals surface area contributed by atoms with Gasteiger partial charge in [0.1, 0.15) is 18.1 Å². The molecule has 7 nitrogen and oxygen atoms in total. The molecule has 1 fully saturated rings. The van der Waals surface area contributed by atoms with Gasteiger partial charge in [0.2, 0.25) is 0 Å². The van der Waals surface area contributed by atoms with Crippen molar-refractivity contribution in [2.24, 2.45) is 0 Å². The quantitative estimate of drug-likeness (QED) is 0.601. The lowest BCUT2D eigenvalue weighted by molar-refractivity contribution is -0.141. The lowest BCUT2D eigenvalue weighted by Gasteiger charge is -2.27. The summed E-state index contributed by atoms with van der Waals surface area (Å²) in [5.41, 5.74) is 2.18. The summed E-state index contributed by atoms with van der Waals surface area (Å²) >= 11 is 0. The molecule has 164 valence electrons. The number of carbonyl (C=O) groups excluding carboxylic acids is 1. The van der Waals surface area contributed by atoms with Crippen LogP contribution in [0.1, 0.15) is 17.2 Å². The normalized spacial score (nSPS) is 18.0. The van der Waals surface area contributed by atoms with Crippen molar-refractivity contribution in [3.8, 4) is 11.5 Å². The van der Waals surface area contributed by atoms with Crippen LogP contribution >= 0.6 is 0 Å². The van der Waals surface area contributed by atoms with Gasteiger partial charge < -0.3 is 19.5 Å². The molecular weight excluding hydrogens is 408 g/mol. The van der Waals surface area contributed by atoms with Crippen LogP contribution in [-0.2, 0) is 11.4 Å². The van der Waals surface area contributed by atoms with Crippen LogP contribution in [0.2, 0.25) is 0 Å². The molecule has 1 aliphatic heterocycles. The van der Waals surface area contributed by atoms with Crippen LogP contribution in [0.4, 0.5) is 10.5 Å². The van der Waals surface area contributed by atoms with E-state index in [0.717, 1.165) is 5.56 Å². The third kappa shape index (κ3) is 3.97. The van der Waals surface area contributed by atoms with Crippen molar-refractivity contribution >= 4 is 17.7 Å². The average molecular weight is 432 g/mol. The molecule has 0 bridgehead atoms. The standard InChI is InChI=1S/C25H24N2O5/c1-26-23(24(28)29)22(27(25(26)30)18-11-7-4-8-12-18)20-14-13-19(31-2)15-21(20)32-16-17-9-5-3-6-10-17/h3-15,22-23H,16H2,1-2H3,(H,28,29)/t22-,23-/m1/s1. The Labute approximate surface area is 186 Å². The second-order valence-corrected chi connectivity index (χ2v) is 7.50. The van der Waals surface area contributed by atoms with E-state index in [0.29, 0.717) is 29.4 Å². The van der Waals surface area contributed by atoms with Crippen LogP contribution in [0, 0.1) is 0 Å². The number of hydrogen-bond donors (Lipinski definition) is 1. The number of amides is 2. The number of carboxylic acid groups (broad SMARTS) is 1. The number of nitrogens with zero attached hydrogens (tertiary/aromatic N) is 2. The second-order valence-electron chi connectivity index (χ2n) is 7.50. The fraction of sp³-hybridized carbons (Fsp3) is 0.200. The van der Waals surface area contributed by atoms with Crippen molar-refractivity contribution in [2.75, 3.05) is 19.1 Å². The van der Waals surface area contributed by atoms with Gasteiger partial charge in [0, 0.05) is 24.4 Å². The molecule has 0 unspecified atom stereocenters. The summed E-state index contributed by atoms with van der Waals surface area (Å²) in [6, 6.07) is 21.7. The highest BCUT2D eigenvalue weighted by Gasteiger charge is 2.50. The molecule has 32 heavy (non-hydrogen) atoms. The van der Waals surface area contributed by atoms with E-state index in [1.807, 2.05) is 48.5 Å². The first kappa shape index (κ1) is 21.2. The summed E-state index contributed by atoms with van der Waals surface area (Å²) in [7, 11) is 3.06. The maximum Gasteiger partial charge on any atom is 0.329 e. The first-order valence-electron chi connectivity index (χ1n) is 10.2. The molecule has 1 N–H and O–H groups in total. The predicted octanol–water partition coefficient (Wildman–Crippen LogP) is 4.34. The Morgan fingerprint density at radius 1 is 1.00 bits per heavy atom. The van der Waals surface area contributed by atoms with Crippen molar-refractivity contribution in [1.82, 2.24) is 4.90 Å². The molecule has 4 rings (SSSR count). The van der Waals surface area contributed by atoms with Gasteiger partial charge in [0.25, 0.3) is 0 Å². The van der Waals surface area contributed by atoms with Gasteiger partial charge in [-0.05, 0) is 29.8 Å². The number of ether oxygens (including phenoxy) is 2. The average Bonchev–Trinajstić information content (AvgIpc) is 3.09. The Hall–Kier alpha value is -4.00. The SMILES string of the molecule is COc1ccc([C@@H]2[C@H](C(=O)O)N(C)C(=O)N2c2ccccc2)c(OCc2ccccc2)c1. The van der Waals surface area contributed by atoms with Gasteiger partial charge in [-0.1, -0.05) is 48.5 Å². The Kier molecular flexibility index (Phi) is 5.98. The van der Waals surface area contributed by atoms with Crippen LogP contribution in [0.25, 0.3) is 0 Å². The number of rotatable bonds is 7. The van der Waals surface area contributed by atoms with Crippen LogP contribution in [0.15, 0.2) is 78.9 Å². The summed E-state index contributed by atoms with van der Waals surface area (Å²) in [5, 5.41) is 10.0. The van der Waals surface area contributed by atoms with Gasteiger partial charge in [0.15, 0.2) is 6.04 Å². The van der Waals surface area contributed by atoms with Gasteiger partial charge in [0.05, 0.1) is 13.2 Å². The number of benzene rings is 3. The molecule has 3 aromatic rings. The fourth-order valence-electron chi connectivity index (χ4n) is 3.98. The fourth-order valence-corrected chi connectivity index (χ4v) is 3.98. The van der Waals surface area contributed by atoms with Gasteiger partial charge in [-0.25, -0.2) is 9.59 Å². The van der Waals surface area contributed by atoms with Gasteiger partial charge in [-0.3, -0.25) is 4.90 Å². The molecule has 1 saturated heterocycles. The van der Waals surface area contributed by atoms with E-state index in [2.05, 4.69) is 0 Å². The highest BCUT2D eigenvalue weighted by Crippen LogP contribution is 2.43. The molecule has 1 heterocycles. The van der Waals surface area contributed by atoms with E-state index in [-0.39, 0.29) is 0 Å². The van der Waals surface area contributed by atoms with Crippen molar-refractivity contribution in [2.45, 2.75) is 18.7 Å². The van der Waals surface area contributed by atoms with Gasteiger partial charge >= 0.3 is 12.0 Å². The van der Waals surface area contributed by atoms with Crippen LogP contribution in [0.3, 0.4) is 0 Å².